The van der Waals surface area contributed by atoms with Crippen molar-refractivity contribution >= 4 is 22.4 Å². The van der Waals surface area contributed by atoms with E-state index in [-0.39, 0.29) is 5.91 Å². The molecule has 0 saturated heterocycles. The lowest BCUT2D eigenvalue weighted by Crippen LogP contribution is -2.11. The van der Waals surface area contributed by atoms with Gasteiger partial charge in [-0.1, -0.05) is 68.4 Å². The third kappa shape index (κ3) is 5.83. The average Bonchev–Trinajstić information content (AvgIpc) is 3.25. The smallest absolute Gasteiger partial charge is 0.257 e. The van der Waals surface area contributed by atoms with Crippen LogP contribution in [0, 0.1) is 0 Å². The number of hydrogen-bond donors (Lipinski definition) is 1. The summed E-state index contributed by atoms with van der Waals surface area (Å²) in [6.07, 6.45) is 2.64. The molecule has 1 heterocycles. The summed E-state index contributed by atoms with van der Waals surface area (Å²) in [6.45, 7) is 4.88. The van der Waals surface area contributed by atoms with Gasteiger partial charge in [0.15, 0.2) is 5.13 Å². The van der Waals surface area contributed by atoms with E-state index >= 15 is 0 Å². The highest BCUT2D eigenvalue weighted by molar-refractivity contribution is 7.15. The van der Waals surface area contributed by atoms with E-state index in [4.69, 9.17) is 4.74 Å². The van der Waals surface area contributed by atoms with Crippen LogP contribution in [0.4, 0.5) is 5.13 Å². The number of amides is 1. The van der Waals surface area contributed by atoms with Gasteiger partial charge in [-0.25, -0.2) is 4.98 Å². The van der Waals surface area contributed by atoms with Crippen LogP contribution in [0.5, 0.6) is 5.75 Å². The van der Waals surface area contributed by atoms with E-state index in [0.29, 0.717) is 23.2 Å². The normalized spacial score (nSPS) is 10.8. The summed E-state index contributed by atoms with van der Waals surface area (Å²) in [4.78, 5) is 18.1. The van der Waals surface area contributed by atoms with Gasteiger partial charge < -0.3 is 4.74 Å². The Balaban J connectivity index is 1.31. The fourth-order valence-corrected chi connectivity index (χ4v) is 4.12. The van der Waals surface area contributed by atoms with E-state index in [2.05, 4.69) is 48.4 Å². The van der Waals surface area contributed by atoms with Gasteiger partial charge in [0.2, 0.25) is 0 Å². The molecule has 4 aromatic rings. The maximum absolute atomic E-state index is 12.6. The maximum atomic E-state index is 12.6. The third-order valence-corrected chi connectivity index (χ3v) is 6.08. The summed E-state index contributed by atoms with van der Waals surface area (Å²) in [5.74, 6) is 1.07. The summed E-state index contributed by atoms with van der Waals surface area (Å²) < 4.78 is 5.78. The zero-order valence-electron chi connectivity index (χ0n) is 18.2. The molecule has 0 unspecified atom stereocenters. The molecule has 1 aromatic heterocycles. The van der Waals surface area contributed by atoms with Crippen LogP contribution in [0.2, 0.25) is 0 Å². The molecule has 0 fully saturated rings. The molecule has 162 valence electrons. The van der Waals surface area contributed by atoms with Gasteiger partial charge in [-0.3, -0.25) is 10.1 Å². The van der Waals surface area contributed by atoms with Crippen LogP contribution < -0.4 is 10.1 Å². The molecule has 0 spiro atoms. The van der Waals surface area contributed by atoms with Gasteiger partial charge in [-0.2, -0.15) is 0 Å². The van der Waals surface area contributed by atoms with Crippen molar-refractivity contribution < 1.29 is 9.53 Å². The number of aromatic nitrogens is 1. The van der Waals surface area contributed by atoms with Gasteiger partial charge in [-0.15, -0.1) is 11.3 Å². The first kappa shape index (κ1) is 21.8. The quantitative estimate of drug-likeness (QED) is 0.331. The Morgan fingerprint density at radius 1 is 0.938 bits per heavy atom. The Hall–Kier alpha value is -3.44. The number of hydrogen-bond acceptors (Lipinski definition) is 4. The minimum atomic E-state index is -0.179. The Labute approximate surface area is 192 Å². The highest BCUT2D eigenvalue weighted by Crippen LogP contribution is 2.23. The second kappa shape index (κ2) is 10.2. The number of nitrogens with zero attached hydrogens (tertiary/aromatic N) is 1. The summed E-state index contributed by atoms with van der Waals surface area (Å²) >= 11 is 1.50. The number of thiazole rings is 1. The Bertz CT molecular complexity index is 1150. The Morgan fingerprint density at radius 3 is 2.34 bits per heavy atom. The zero-order chi connectivity index (χ0) is 22.3. The van der Waals surface area contributed by atoms with Crippen LogP contribution in [0.15, 0.2) is 85.1 Å². The van der Waals surface area contributed by atoms with Gasteiger partial charge >= 0.3 is 0 Å². The molecule has 0 atom stereocenters. The SMILES string of the molecule is CC(C)c1ccc(Cc2cnc(NC(=O)c3ccc(OCc4ccccc4)cc3)s2)cc1. The highest BCUT2D eigenvalue weighted by atomic mass is 32.1. The molecule has 0 aliphatic carbocycles. The molecule has 0 bridgehead atoms. The van der Waals surface area contributed by atoms with Crippen molar-refractivity contribution in [3.63, 3.8) is 0 Å². The molecule has 5 heteroatoms. The topological polar surface area (TPSA) is 51.2 Å². The van der Waals surface area contributed by atoms with Crippen LogP contribution in [0.25, 0.3) is 0 Å². The predicted molar refractivity (Wildman–Crippen MR) is 131 cm³/mol. The van der Waals surface area contributed by atoms with Crippen LogP contribution in [0.1, 0.15) is 51.7 Å². The minimum absolute atomic E-state index is 0.179. The molecule has 32 heavy (non-hydrogen) atoms. The second-order valence-corrected chi connectivity index (χ2v) is 9.07. The van der Waals surface area contributed by atoms with Crippen molar-refractivity contribution in [3.8, 4) is 5.75 Å². The van der Waals surface area contributed by atoms with E-state index in [0.717, 1.165) is 22.6 Å². The molecule has 3 aromatic carbocycles. The third-order valence-electron chi connectivity index (χ3n) is 5.16. The van der Waals surface area contributed by atoms with E-state index in [1.807, 2.05) is 48.7 Å². The first-order valence-electron chi connectivity index (χ1n) is 10.7. The number of nitrogens with one attached hydrogen (secondary N) is 1. The van der Waals surface area contributed by atoms with Gasteiger partial charge in [0.25, 0.3) is 5.91 Å². The predicted octanol–water partition coefficient (Wildman–Crippen LogP) is 6.69. The minimum Gasteiger partial charge on any atom is -0.489 e. The average molecular weight is 443 g/mol. The summed E-state index contributed by atoms with van der Waals surface area (Å²) in [5, 5.41) is 3.50. The van der Waals surface area contributed by atoms with E-state index < -0.39 is 0 Å². The van der Waals surface area contributed by atoms with Crippen LogP contribution in [-0.2, 0) is 13.0 Å². The summed E-state index contributed by atoms with van der Waals surface area (Å²) in [5.41, 5.74) is 4.24. The number of benzene rings is 3. The fraction of sp³-hybridized carbons (Fsp3) is 0.185. The van der Waals surface area contributed by atoms with Gasteiger partial charge in [0, 0.05) is 23.1 Å². The van der Waals surface area contributed by atoms with E-state index in [1.165, 1.54) is 22.5 Å². The molecule has 0 saturated carbocycles. The van der Waals surface area contributed by atoms with Crippen LogP contribution in [-0.4, -0.2) is 10.9 Å². The van der Waals surface area contributed by atoms with Gasteiger partial charge in [0.05, 0.1) is 0 Å². The lowest BCUT2D eigenvalue weighted by atomic mass is 10.0. The van der Waals surface area contributed by atoms with Crippen LogP contribution in [0.3, 0.4) is 0 Å². The molecule has 1 amide bonds. The van der Waals surface area contributed by atoms with Crippen molar-refractivity contribution in [2.45, 2.75) is 32.8 Å². The van der Waals surface area contributed by atoms with Crippen molar-refractivity contribution in [3.05, 3.63) is 112 Å². The molecular formula is C27H26N2O2S. The first-order valence-corrected chi connectivity index (χ1v) is 11.5. The fourth-order valence-electron chi connectivity index (χ4n) is 3.28. The molecule has 4 rings (SSSR count). The second-order valence-electron chi connectivity index (χ2n) is 7.96. The summed E-state index contributed by atoms with van der Waals surface area (Å²) in [7, 11) is 0. The number of anilines is 1. The van der Waals surface area contributed by atoms with E-state index in [9.17, 15) is 4.79 Å². The molecule has 0 aliphatic heterocycles. The van der Waals surface area contributed by atoms with Crippen LogP contribution >= 0.6 is 11.3 Å². The van der Waals surface area contributed by atoms with Crippen molar-refractivity contribution in [2.24, 2.45) is 0 Å². The molecule has 0 radical (unpaired) electrons. The van der Waals surface area contributed by atoms with Crippen molar-refractivity contribution in [2.75, 3.05) is 5.32 Å². The molecule has 4 nitrogen and oxygen atoms in total. The molecular weight excluding hydrogens is 416 g/mol. The standard InChI is InChI=1S/C27H26N2O2S/c1-19(2)22-10-8-20(9-11-22)16-25-17-28-27(32-25)29-26(30)23-12-14-24(15-13-23)31-18-21-6-4-3-5-7-21/h3-15,17,19H,16,18H2,1-2H3,(H,28,29,30). The van der Waals surface area contributed by atoms with E-state index in [1.54, 1.807) is 12.1 Å². The zero-order valence-corrected chi connectivity index (χ0v) is 19.1. The Kier molecular flexibility index (Phi) is 6.97. The highest BCUT2D eigenvalue weighted by Gasteiger charge is 2.10. The number of rotatable bonds is 8. The first-order chi connectivity index (χ1) is 15.6. The monoisotopic (exact) mass is 442 g/mol. The Morgan fingerprint density at radius 2 is 1.66 bits per heavy atom. The number of carbonyl (C=O) groups is 1. The number of ether oxygens (including phenoxy) is 1. The molecule has 0 aliphatic rings. The summed E-state index contributed by atoms with van der Waals surface area (Å²) in [6, 6.07) is 25.8. The van der Waals surface area contributed by atoms with Crippen molar-refractivity contribution in [1.29, 1.82) is 0 Å². The van der Waals surface area contributed by atoms with Gasteiger partial charge in [-0.05, 0) is 46.9 Å². The number of carbonyl (C=O) groups excluding carboxylic acids is 1. The van der Waals surface area contributed by atoms with Gasteiger partial charge in [0.1, 0.15) is 12.4 Å². The molecule has 1 N–H and O–H groups in total. The lowest BCUT2D eigenvalue weighted by molar-refractivity contribution is 0.102. The lowest BCUT2D eigenvalue weighted by Gasteiger charge is -2.07. The largest absolute Gasteiger partial charge is 0.489 e. The maximum Gasteiger partial charge on any atom is 0.257 e. The van der Waals surface area contributed by atoms with Crippen molar-refractivity contribution in [1.82, 2.24) is 4.98 Å².